The highest BCUT2D eigenvalue weighted by Gasteiger charge is 2.37. The second-order valence-corrected chi connectivity index (χ2v) is 11.7. The van der Waals surface area contributed by atoms with Crippen molar-refractivity contribution in [1.82, 2.24) is 0 Å². The number of aliphatic hydroxyl groups excluding tert-OH is 1. The molecule has 11 heteroatoms. The smallest absolute Gasteiger partial charge is 0.337 e. The van der Waals surface area contributed by atoms with Crippen molar-refractivity contribution < 1.29 is 19.4 Å². The molecule has 5 rings (SSSR count). The van der Waals surface area contributed by atoms with E-state index in [2.05, 4.69) is 10.6 Å². The van der Waals surface area contributed by atoms with Gasteiger partial charge in [-0.15, -0.1) is 0 Å². The van der Waals surface area contributed by atoms with E-state index >= 15 is 0 Å². The minimum atomic E-state index is -1.27. The fourth-order valence-electron chi connectivity index (χ4n) is 5.02. The largest absolute Gasteiger partial charge is 0.478 e. The van der Waals surface area contributed by atoms with E-state index in [0.717, 1.165) is 5.56 Å². The Bertz CT molecular complexity index is 1710. The maximum absolute atomic E-state index is 12.7. The molecule has 1 aliphatic rings. The number of nitrogens with one attached hydrogen (secondary N) is 2. The van der Waals surface area contributed by atoms with Crippen molar-refractivity contribution in [2.75, 3.05) is 15.5 Å². The maximum atomic E-state index is 12.7. The minimum Gasteiger partial charge on any atom is -0.478 e. The number of aliphatic hydroxyl groups is 1. The molecule has 0 bridgehead atoms. The molecular formula is C29H27Cl2N3O6. The predicted octanol–water partition coefficient (Wildman–Crippen LogP) is 6.14. The van der Waals surface area contributed by atoms with Crippen LogP contribution in [-0.4, -0.2) is 16.2 Å². The number of benzene rings is 2. The number of anilines is 4. The molecule has 0 spiro atoms. The number of aryl methyl sites for hydroxylation is 1. The van der Waals surface area contributed by atoms with Gasteiger partial charge in [0.25, 0.3) is 10.9 Å². The standard InChI is InChI=1S/C29H27Cl2N3O6/c1-13-5-6-14(28(38)39)18(11-13)34-12-15-16(30)7-8-17(21(15)27(34)37)32-22-23(25(36)24(22)35)33-26(29(2,3)4)19-9-10-20(31)40-19/h5-11,26-27,32-33,37H,12H2,1-4H3,(H,38,39)/t26-,27?/m0/s1. The Morgan fingerprint density at radius 2 is 1.77 bits per heavy atom. The Kier molecular flexibility index (Phi) is 6.94. The number of nitrogens with zero attached hydrogens (tertiary/aromatic N) is 1. The second kappa shape index (κ2) is 9.99. The van der Waals surface area contributed by atoms with Gasteiger partial charge in [-0.05, 0) is 71.5 Å². The number of rotatable bonds is 7. The molecule has 0 saturated heterocycles. The highest BCUT2D eigenvalue weighted by Crippen LogP contribution is 2.45. The van der Waals surface area contributed by atoms with Gasteiger partial charge in [-0.1, -0.05) is 38.4 Å². The SMILES string of the molecule is Cc1ccc(C(=O)O)c(N2Cc3c(Cl)ccc(Nc4c(N[C@@H](c5ccc(Cl)o5)C(C)(C)C)c(=O)c4=O)c3C2O)c1. The van der Waals surface area contributed by atoms with E-state index in [1.807, 2.05) is 27.7 Å². The summed E-state index contributed by atoms with van der Waals surface area (Å²) in [5.74, 6) is -0.629. The Hall–Kier alpha value is -3.79. The van der Waals surface area contributed by atoms with Gasteiger partial charge in [0.05, 0.1) is 17.3 Å². The predicted molar refractivity (Wildman–Crippen MR) is 155 cm³/mol. The van der Waals surface area contributed by atoms with Crippen LogP contribution < -0.4 is 26.4 Å². The molecule has 0 fully saturated rings. The molecule has 40 heavy (non-hydrogen) atoms. The first-order valence-electron chi connectivity index (χ1n) is 12.5. The van der Waals surface area contributed by atoms with E-state index in [0.29, 0.717) is 33.3 Å². The van der Waals surface area contributed by atoms with Crippen molar-refractivity contribution in [3.05, 3.63) is 101 Å². The van der Waals surface area contributed by atoms with Gasteiger partial charge in [0, 0.05) is 22.8 Å². The topological polar surface area (TPSA) is 132 Å². The fourth-order valence-corrected chi connectivity index (χ4v) is 5.39. The average Bonchev–Trinajstić information content (AvgIpc) is 3.47. The zero-order chi connectivity index (χ0) is 29.1. The van der Waals surface area contributed by atoms with E-state index < -0.39 is 34.5 Å². The summed E-state index contributed by atoms with van der Waals surface area (Å²) in [4.78, 5) is 38.9. The molecule has 1 aliphatic heterocycles. The van der Waals surface area contributed by atoms with Crippen LogP contribution in [0, 0.1) is 12.3 Å². The van der Waals surface area contributed by atoms with Crippen molar-refractivity contribution in [2.24, 2.45) is 5.41 Å². The van der Waals surface area contributed by atoms with Crippen molar-refractivity contribution in [3.8, 4) is 0 Å². The molecule has 4 aromatic rings. The average molecular weight is 584 g/mol. The molecule has 208 valence electrons. The van der Waals surface area contributed by atoms with E-state index in [1.165, 1.54) is 11.0 Å². The number of hydrogen-bond acceptors (Lipinski definition) is 8. The zero-order valence-corrected chi connectivity index (χ0v) is 23.6. The van der Waals surface area contributed by atoms with Crippen LogP contribution in [0.4, 0.5) is 22.7 Å². The minimum absolute atomic E-state index is 0.0308. The highest BCUT2D eigenvalue weighted by atomic mass is 35.5. The van der Waals surface area contributed by atoms with Crippen LogP contribution in [0.2, 0.25) is 10.2 Å². The summed E-state index contributed by atoms with van der Waals surface area (Å²) in [5.41, 5.74) is 0.791. The highest BCUT2D eigenvalue weighted by molar-refractivity contribution is 6.31. The molecule has 0 aliphatic carbocycles. The Balaban J connectivity index is 1.52. The van der Waals surface area contributed by atoms with Crippen molar-refractivity contribution in [1.29, 1.82) is 0 Å². The number of halogens is 2. The van der Waals surface area contributed by atoms with Gasteiger partial charge in [0.2, 0.25) is 0 Å². The number of furan rings is 1. The molecule has 3 aromatic carbocycles. The first-order chi connectivity index (χ1) is 18.8. The number of carboxylic acids is 1. The molecule has 2 atom stereocenters. The van der Waals surface area contributed by atoms with E-state index in [4.69, 9.17) is 27.6 Å². The van der Waals surface area contributed by atoms with Gasteiger partial charge in [-0.2, -0.15) is 0 Å². The van der Waals surface area contributed by atoms with Crippen molar-refractivity contribution in [2.45, 2.75) is 46.5 Å². The van der Waals surface area contributed by atoms with Gasteiger partial charge in [0.1, 0.15) is 17.1 Å². The summed E-state index contributed by atoms with van der Waals surface area (Å²) in [5, 5.41) is 27.9. The molecule has 0 amide bonds. The van der Waals surface area contributed by atoms with Crippen LogP contribution in [0.1, 0.15) is 65.8 Å². The normalized spacial score (nSPS) is 15.8. The summed E-state index contributed by atoms with van der Waals surface area (Å²) >= 11 is 12.5. The number of carbonyl (C=O) groups is 1. The fraction of sp³-hybridized carbons (Fsp3) is 0.276. The number of aromatic carboxylic acids is 1. The monoisotopic (exact) mass is 583 g/mol. The summed E-state index contributed by atoms with van der Waals surface area (Å²) < 4.78 is 5.60. The van der Waals surface area contributed by atoms with Crippen LogP contribution in [0.5, 0.6) is 0 Å². The van der Waals surface area contributed by atoms with Crippen LogP contribution in [0.15, 0.2) is 56.5 Å². The van der Waals surface area contributed by atoms with Crippen molar-refractivity contribution in [3.63, 3.8) is 0 Å². The molecule has 2 heterocycles. The zero-order valence-electron chi connectivity index (χ0n) is 22.1. The lowest BCUT2D eigenvalue weighted by Gasteiger charge is -2.31. The lowest BCUT2D eigenvalue weighted by molar-refractivity contribution is 0.0697. The van der Waals surface area contributed by atoms with Crippen LogP contribution in [-0.2, 0) is 6.54 Å². The van der Waals surface area contributed by atoms with Gasteiger partial charge in [0.15, 0.2) is 11.4 Å². The molecule has 9 nitrogen and oxygen atoms in total. The Morgan fingerprint density at radius 3 is 2.40 bits per heavy atom. The Morgan fingerprint density at radius 1 is 1.07 bits per heavy atom. The summed E-state index contributed by atoms with van der Waals surface area (Å²) in [6.07, 6.45) is -1.27. The maximum Gasteiger partial charge on any atom is 0.337 e. The summed E-state index contributed by atoms with van der Waals surface area (Å²) in [6, 6.07) is 10.9. The van der Waals surface area contributed by atoms with Gasteiger partial charge in [-0.3, -0.25) is 9.59 Å². The van der Waals surface area contributed by atoms with Crippen molar-refractivity contribution >= 4 is 51.9 Å². The number of carboxylic acid groups (broad SMARTS) is 1. The van der Waals surface area contributed by atoms with Gasteiger partial charge < -0.3 is 30.2 Å². The molecular weight excluding hydrogens is 557 g/mol. The number of hydrogen-bond donors (Lipinski definition) is 4. The van der Waals surface area contributed by atoms with E-state index in [1.54, 1.807) is 36.4 Å². The third kappa shape index (κ3) is 4.74. The quantitative estimate of drug-likeness (QED) is 0.189. The molecule has 0 radical (unpaired) electrons. The first-order valence-corrected chi connectivity index (χ1v) is 13.3. The molecule has 1 aromatic heterocycles. The van der Waals surface area contributed by atoms with Crippen LogP contribution in [0.3, 0.4) is 0 Å². The summed E-state index contributed by atoms with van der Waals surface area (Å²) in [6.45, 7) is 7.82. The third-order valence-electron chi connectivity index (χ3n) is 7.08. The molecule has 1 unspecified atom stereocenters. The molecule has 0 saturated carbocycles. The third-order valence-corrected chi connectivity index (χ3v) is 7.64. The van der Waals surface area contributed by atoms with Crippen LogP contribution >= 0.6 is 23.2 Å². The van der Waals surface area contributed by atoms with E-state index in [9.17, 15) is 24.6 Å². The number of fused-ring (bicyclic) bond motifs is 1. The van der Waals surface area contributed by atoms with Crippen LogP contribution in [0.25, 0.3) is 0 Å². The van der Waals surface area contributed by atoms with E-state index in [-0.39, 0.29) is 28.7 Å². The van der Waals surface area contributed by atoms with Gasteiger partial charge in [-0.25, -0.2) is 4.79 Å². The Labute approximate surface area is 239 Å². The lowest BCUT2D eigenvalue weighted by atomic mass is 9.85. The summed E-state index contributed by atoms with van der Waals surface area (Å²) in [7, 11) is 0. The molecule has 4 N–H and O–H groups in total. The lowest BCUT2D eigenvalue weighted by Crippen LogP contribution is -2.39. The first kappa shape index (κ1) is 27.8. The van der Waals surface area contributed by atoms with Gasteiger partial charge >= 0.3 is 5.97 Å². The second-order valence-electron chi connectivity index (χ2n) is 10.9.